The SMILES string of the molecule is C#CCCNC(C)(CN)C(C)C. The van der Waals surface area contributed by atoms with Gasteiger partial charge < -0.3 is 11.1 Å². The lowest BCUT2D eigenvalue weighted by atomic mass is 9.88. The first-order valence-corrected chi connectivity index (χ1v) is 4.45. The average Bonchev–Trinajstić information content (AvgIpc) is 2.04. The minimum Gasteiger partial charge on any atom is -0.329 e. The van der Waals surface area contributed by atoms with Gasteiger partial charge in [-0.05, 0) is 12.8 Å². The molecule has 0 aliphatic heterocycles. The van der Waals surface area contributed by atoms with Gasteiger partial charge in [0, 0.05) is 25.0 Å². The van der Waals surface area contributed by atoms with Gasteiger partial charge in [0.05, 0.1) is 0 Å². The van der Waals surface area contributed by atoms with Crippen molar-refractivity contribution >= 4 is 0 Å². The van der Waals surface area contributed by atoms with Crippen molar-refractivity contribution in [1.82, 2.24) is 5.32 Å². The molecule has 0 aliphatic carbocycles. The van der Waals surface area contributed by atoms with Gasteiger partial charge in [-0.1, -0.05) is 13.8 Å². The lowest BCUT2D eigenvalue weighted by Crippen LogP contribution is -2.52. The molecule has 0 aromatic heterocycles. The smallest absolute Gasteiger partial charge is 0.0299 e. The lowest BCUT2D eigenvalue weighted by Gasteiger charge is -2.33. The van der Waals surface area contributed by atoms with E-state index in [-0.39, 0.29) is 5.54 Å². The summed E-state index contributed by atoms with van der Waals surface area (Å²) in [5.74, 6) is 3.13. The summed E-state index contributed by atoms with van der Waals surface area (Å²) in [4.78, 5) is 0. The van der Waals surface area contributed by atoms with Gasteiger partial charge in [0.15, 0.2) is 0 Å². The Bertz CT molecular complexity index is 158. The average molecular weight is 168 g/mol. The third kappa shape index (κ3) is 3.25. The van der Waals surface area contributed by atoms with E-state index in [0.717, 1.165) is 13.0 Å². The van der Waals surface area contributed by atoms with Gasteiger partial charge in [0.25, 0.3) is 0 Å². The third-order valence-electron chi connectivity index (χ3n) is 2.50. The standard InChI is InChI=1S/C10H20N2/c1-5-6-7-12-10(4,8-11)9(2)3/h1,9,12H,6-8,11H2,2-4H3. The molecule has 2 heteroatoms. The normalized spacial score (nSPS) is 15.7. The van der Waals surface area contributed by atoms with Crippen molar-refractivity contribution in [3.63, 3.8) is 0 Å². The van der Waals surface area contributed by atoms with Gasteiger partial charge in [-0.25, -0.2) is 0 Å². The van der Waals surface area contributed by atoms with E-state index in [1.807, 2.05) is 0 Å². The summed E-state index contributed by atoms with van der Waals surface area (Å²) >= 11 is 0. The molecule has 0 aromatic carbocycles. The molecule has 0 rings (SSSR count). The van der Waals surface area contributed by atoms with Crippen molar-refractivity contribution in [1.29, 1.82) is 0 Å². The Labute approximate surface area is 75.9 Å². The van der Waals surface area contributed by atoms with Gasteiger partial charge in [-0.3, -0.25) is 0 Å². The number of rotatable bonds is 5. The Hall–Kier alpha value is -0.520. The highest BCUT2D eigenvalue weighted by molar-refractivity contribution is 4.90. The zero-order chi connectivity index (χ0) is 9.61. The van der Waals surface area contributed by atoms with Crippen molar-refractivity contribution in [2.24, 2.45) is 11.7 Å². The second-order valence-corrected chi connectivity index (χ2v) is 3.66. The Kier molecular flexibility index (Phi) is 4.96. The molecule has 0 amide bonds. The van der Waals surface area contributed by atoms with Gasteiger partial charge in [0.2, 0.25) is 0 Å². The summed E-state index contributed by atoms with van der Waals surface area (Å²) in [6, 6.07) is 0. The maximum atomic E-state index is 5.68. The van der Waals surface area contributed by atoms with Crippen LogP contribution in [0.25, 0.3) is 0 Å². The highest BCUT2D eigenvalue weighted by Crippen LogP contribution is 2.14. The fourth-order valence-corrected chi connectivity index (χ4v) is 0.932. The zero-order valence-electron chi connectivity index (χ0n) is 8.35. The fraction of sp³-hybridized carbons (Fsp3) is 0.800. The number of terminal acetylenes is 1. The summed E-state index contributed by atoms with van der Waals surface area (Å²) in [5, 5.41) is 3.38. The molecule has 3 N–H and O–H groups in total. The van der Waals surface area contributed by atoms with E-state index >= 15 is 0 Å². The molecule has 0 bridgehead atoms. The quantitative estimate of drug-likeness (QED) is 0.474. The molecule has 0 saturated carbocycles. The third-order valence-corrected chi connectivity index (χ3v) is 2.50. The molecular formula is C10H20N2. The highest BCUT2D eigenvalue weighted by atomic mass is 15.0. The van der Waals surface area contributed by atoms with Crippen LogP contribution in [0.15, 0.2) is 0 Å². The van der Waals surface area contributed by atoms with Crippen LogP contribution >= 0.6 is 0 Å². The topological polar surface area (TPSA) is 38.0 Å². The van der Waals surface area contributed by atoms with Gasteiger partial charge in [-0.2, -0.15) is 0 Å². The summed E-state index contributed by atoms with van der Waals surface area (Å²) in [7, 11) is 0. The Morgan fingerprint density at radius 1 is 1.58 bits per heavy atom. The Morgan fingerprint density at radius 2 is 2.17 bits per heavy atom. The van der Waals surface area contributed by atoms with E-state index in [4.69, 9.17) is 12.2 Å². The number of nitrogens with two attached hydrogens (primary N) is 1. The molecule has 12 heavy (non-hydrogen) atoms. The number of hydrogen-bond acceptors (Lipinski definition) is 2. The number of hydrogen-bond donors (Lipinski definition) is 2. The van der Waals surface area contributed by atoms with Crippen LogP contribution in [0.5, 0.6) is 0 Å². The van der Waals surface area contributed by atoms with Crippen LogP contribution < -0.4 is 11.1 Å². The first-order chi connectivity index (χ1) is 5.56. The Balaban J connectivity index is 3.90. The molecule has 0 aromatic rings. The molecule has 0 aliphatic rings. The van der Waals surface area contributed by atoms with E-state index < -0.39 is 0 Å². The lowest BCUT2D eigenvalue weighted by molar-refractivity contribution is 0.272. The first-order valence-electron chi connectivity index (χ1n) is 4.45. The molecule has 0 radical (unpaired) electrons. The maximum absolute atomic E-state index is 5.68. The van der Waals surface area contributed by atoms with Gasteiger partial charge in [0.1, 0.15) is 0 Å². The van der Waals surface area contributed by atoms with E-state index in [2.05, 4.69) is 32.0 Å². The molecular weight excluding hydrogens is 148 g/mol. The largest absolute Gasteiger partial charge is 0.329 e. The van der Waals surface area contributed by atoms with Crippen molar-refractivity contribution in [3.05, 3.63) is 0 Å². The molecule has 0 heterocycles. The zero-order valence-corrected chi connectivity index (χ0v) is 8.35. The first kappa shape index (κ1) is 11.5. The summed E-state index contributed by atoms with van der Waals surface area (Å²) < 4.78 is 0. The van der Waals surface area contributed by atoms with Crippen LogP contribution in [0.4, 0.5) is 0 Å². The predicted octanol–water partition coefficient (Wildman–Crippen LogP) is 0.973. The second-order valence-electron chi connectivity index (χ2n) is 3.66. The van der Waals surface area contributed by atoms with Crippen molar-refractivity contribution in [3.8, 4) is 12.3 Å². The number of nitrogens with one attached hydrogen (secondary N) is 1. The molecule has 0 saturated heterocycles. The second kappa shape index (κ2) is 5.18. The monoisotopic (exact) mass is 168 g/mol. The molecule has 0 spiro atoms. The summed E-state index contributed by atoms with van der Waals surface area (Å²) in [6.07, 6.45) is 5.92. The van der Waals surface area contributed by atoms with E-state index in [9.17, 15) is 0 Å². The van der Waals surface area contributed by atoms with Gasteiger partial charge in [-0.15, -0.1) is 12.3 Å². The van der Waals surface area contributed by atoms with Crippen molar-refractivity contribution < 1.29 is 0 Å². The summed E-state index contributed by atoms with van der Waals surface area (Å²) in [6.45, 7) is 7.96. The van der Waals surface area contributed by atoms with Crippen LogP contribution in [-0.2, 0) is 0 Å². The highest BCUT2D eigenvalue weighted by Gasteiger charge is 2.24. The van der Waals surface area contributed by atoms with Crippen molar-refractivity contribution in [2.45, 2.75) is 32.7 Å². The minimum absolute atomic E-state index is 0.0247. The molecule has 0 fully saturated rings. The van der Waals surface area contributed by atoms with Crippen LogP contribution in [-0.4, -0.2) is 18.6 Å². The van der Waals surface area contributed by atoms with E-state index in [1.54, 1.807) is 0 Å². The van der Waals surface area contributed by atoms with Crippen LogP contribution in [0.3, 0.4) is 0 Å². The summed E-state index contributed by atoms with van der Waals surface area (Å²) in [5.41, 5.74) is 5.70. The van der Waals surface area contributed by atoms with Gasteiger partial charge >= 0.3 is 0 Å². The maximum Gasteiger partial charge on any atom is 0.0299 e. The van der Waals surface area contributed by atoms with Crippen LogP contribution in [0.1, 0.15) is 27.2 Å². The fourth-order valence-electron chi connectivity index (χ4n) is 0.932. The Morgan fingerprint density at radius 3 is 2.50 bits per heavy atom. The van der Waals surface area contributed by atoms with E-state index in [1.165, 1.54) is 0 Å². The molecule has 1 atom stereocenters. The predicted molar refractivity (Wildman–Crippen MR) is 53.8 cm³/mol. The van der Waals surface area contributed by atoms with E-state index in [0.29, 0.717) is 12.5 Å². The minimum atomic E-state index is 0.0247. The van der Waals surface area contributed by atoms with Crippen LogP contribution in [0.2, 0.25) is 0 Å². The molecule has 70 valence electrons. The molecule has 2 nitrogen and oxygen atoms in total. The van der Waals surface area contributed by atoms with Crippen molar-refractivity contribution in [2.75, 3.05) is 13.1 Å². The van der Waals surface area contributed by atoms with Crippen LogP contribution in [0, 0.1) is 18.3 Å². The molecule has 1 unspecified atom stereocenters.